The van der Waals surface area contributed by atoms with Crippen molar-refractivity contribution in [3.8, 4) is 5.88 Å². The van der Waals surface area contributed by atoms with Gasteiger partial charge in [-0.3, -0.25) is 14.3 Å². The lowest BCUT2D eigenvalue weighted by atomic mass is 9.94. The van der Waals surface area contributed by atoms with Crippen LogP contribution in [0.4, 0.5) is 0 Å². The number of nitrogens with zero attached hydrogens (tertiary/aromatic N) is 1. The van der Waals surface area contributed by atoms with E-state index in [9.17, 15) is 14.7 Å². The van der Waals surface area contributed by atoms with Gasteiger partial charge in [-0.25, -0.2) is 4.79 Å². The highest BCUT2D eigenvalue weighted by atomic mass is 32.2. The lowest BCUT2D eigenvalue weighted by molar-refractivity contribution is 0.299. The summed E-state index contributed by atoms with van der Waals surface area (Å²) in [6, 6.07) is -0.0250. The first-order chi connectivity index (χ1) is 9.45. The summed E-state index contributed by atoms with van der Waals surface area (Å²) in [7, 11) is 0. The number of aromatic hydroxyl groups is 1. The van der Waals surface area contributed by atoms with Gasteiger partial charge in [0.2, 0.25) is 5.88 Å². The Balaban J connectivity index is 2.48. The molecule has 0 aliphatic heterocycles. The fourth-order valence-corrected chi connectivity index (χ4v) is 3.80. The summed E-state index contributed by atoms with van der Waals surface area (Å²) in [4.78, 5) is 26.2. The molecule has 1 aliphatic carbocycles. The van der Waals surface area contributed by atoms with Crippen molar-refractivity contribution in [3.63, 3.8) is 0 Å². The average Bonchev–Trinajstić information content (AvgIpc) is 2.37. The van der Waals surface area contributed by atoms with E-state index in [2.05, 4.69) is 11.2 Å². The van der Waals surface area contributed by atoms with Gasteiger partial charge < -0.3 is 5.11 Å². The van der Waals surface area contributed by atoms with E-state index in [-0.39, 0.29) is 17.8 Å². The molecule has 0 aromatic carbocycles. The van der Waals surface area contributed by atoms with Crippen LogP contribution < -0.4 is 11.2 Å². The van der Waals surface area contributed by atoms with E-state index < -0.39 is 11.2 Å². The minimum atomic E-state index is -0.497. The molecule has 2 rings (SSSR count). The van der Waals surface area contributed by atoms with Gasteiger partial charge in [0.15, 0.2) is 0 Å². The molecule has 0 amide bonds. The first-order valence-corrected chi connectivity index (χ1v) is 8.35. The quantitative estimate of drug-likeness (QED) is 0.897. The Morgan fingerprint density at radius 1 is 1.35 bits per heavy atom. The molecule has 0 spiro atoms. The Kier molecular flexibility index (Phi) is 4.62. The fraction of sp³-hybridized carbons (Fsp3) is 0.714. The van der Waals surface area contributed by atoms with Gasteiger partial charge in [0.05, 0.1) is 5.56 Å². The lowest BCUT2D eigenvalue weighted by Crippen LogP contribution is -2.36. The number of rotatable bonds is 3. The van der Waals surface area contributed by atoms with Crippen molar-refractivity contribution in [1.82, 2.24) is 9.55 Å². The summed E-state index contributed by atoms with van der Waals surface area (Å²) in [6.07, 6.45) is 5.99. The zero-order valence-corrected chi connectivity index (χ0v) is 13.0. The summed E-state index contributed by atoms with van der Waals surface area (Å²) < 4.78 is 1.39. The van der Waals surface area contributed by atoms with Gasteiger partial charge in [0, 0.05) is 11.3 Å². The second-order valence-corrected chi connectivity index (χ2v) is 6.84. The molecule has 2 atom stereocenters. The second kappa shape index (κ2) is 6.08. The van der Waals surface area contributed by atoms with E-state index in [1.54, 1.807) is 11.8 Å². The van der Waals surface area contributed by atoms with Crippen LogP contribution in [0, 0.1) is 0 Å². The first-order valence-electron chi connectivity index (χ1n) is 7.06. The maximum atomic E-state index is 12.1. The highest BCUT2D eigenvalue weighted by Gasteiger charge is 2.27. The maximum Gasteiger partial charge on any atom is 0.331 e. The number of thioether (sulfide) groups is 1. The average molecular weight is 298 g/mol. The van der Waals surface area contributed by atoms with Crippen LogP contribution in [-0.4, -0.2) is 26.2 Å². The van der Waals surface area contributed by atoms with E-state index in [1.807, 2.05) is 13.8 Å². The third-order valence-electron chi connectivity index (χ3n) is 4.03. The lowest BCUT2D eigenvalue weighted by Gasteiger charge is -2.30. The number of aromatic nitrogens is 2. The zero-order valence-electron chi connectivity index (χ0n) is 12.2. The molecule has 1 heterocycles. The highest BCUT2D eigenvalue weighted by Crippen LogP contribution is 2.35. The van der Waals surface area contributed by atoms with Crippen LogP contribution in [-0.2, 0) is 0 Å². The molecular weight excluding hydrogens is 276 g/mol. The number of nitrogens with one attached hydrogen (secondary N) is 1. The molecule has 6 heteroatoms. The Labute approximate surface area is 122 Å². The molecule has 2 N–H and O–H groups in total. The Morgan fingerprint density at radius 2 is 2.05 bits per heavy atom. The molecule has 0 bridgehead atoms. The summed E-state index contributed by atoms with van der Waals surface area (Å²) in [5, 5.41) is 10.9. The number of aromatic amines is 1. The van der Waals surface area contributed by atoms with Gasteiger partial charge in [0.1, 0.15) is 0 Å². The van der Waals surface area contributed by atoms with E-state index in [4.69, 9.17) is 0 Å². The molecule has 1 aliphatic rings. The first kappa shape index (κ1) is 15.2. The third-order valence-corrected chi connectivity index (χ3v) is 5.12. The summed E-state index contributed by atoms with van der Waals surface area (Å²) in [5.41, 5.74) is -0.671. The molecule has 0 saturated heterocycles. The molecule has 1 aromatic heterocycles. The smallest absolute Gasteiger partial charge is 0.331 e. The van der Waals surface area contributed by atoms with Crippen molar-refractivity contribution in [3.05, 3.63) is 26.4 Å². The zero-order chi connectivity index (χ0) is 14.9. The van der Waals surface area contributed by atoms with Crippen LogP contribution in [0.3, 0.4) is 0 Å². The monoisotopic (exact) mass is 298 g/mol. The third kappa shape index (κ3) is 2.80. The van der Waals surface area contributed by atoms with Gasteiger partial charge in [-0.15, -0.1) is 0 Å². The Hall–Kier alpha value is -1.17. The van der Waals surface area contributed by atoms with Gasteiger partial charge in [0.25, 0.3) is 5.56 Å². The molecule has 112 valence electrons. The molecular formula is C14H22N2O3S. The Bertz CT molecular complexity index is 591. The SMILES string of the molecule is CSC1CCCC(n2c(O)c(C(C)C)c(=O)[nH]c2=O)C1. The van der Waals surface area contributed by atoms with Crippen LogP contribution >= 0.6 is 11.8 Å². The molecule has 0 radical (unpaired) electrons. The fourth-order valence-electron chi connectivity index (χ4n) is 2.98. The van der Waals surface area contributed by atoms with Crippen molar-refractivity contribution < 1.29 is 5.11 Å². The summed E-state index contributed by atoms with van der Waals surface area (Å²) >= 11 is 1.80. The van der Waals surface area contributed by atoms with Crippen LogP contribution in [0.25, 0.3) is 0 Å². The molecule has 2 unspecified atom stereocenters. The van der Waals surface area contributed by atoms with Crippen LogP contribution in [0.2, 0.25) is 0 Å². The van der Waals surface area contributed by atoms with Gasteiger partial charge in [-0.1, -0.05) is 20.3 Å². The molecule has 1 fully saturated rings. The van der Waals surface area contributed by atoms with Crippen LogP contribution in [0.1, 0.15) is 57.1 Å². The molecule has 20 heavy (non-hydrogen) atoms. The molecule has 1 saturated carbocycles. The topological polar surface area (TPSA) is 75.1 Å². The van der Waals surface area contributed by atoms with Crippen LogP contribution in [0.5, 0.6) is 5.88 Å². The predicted molar refractivity (Wildman–Crippen MR) is 81.9 cm³/mol. The molecule has 5 nitrogen and oxygen atoms in total. The van der Waals surface area contributed by atoms with E-state index in [0.29, 0.717) is 10.8 Å². The van der Waals surface area contributed by atoms with E-state index >= 15 is 0 Å². The molecule has 1 aromatic rings. The number of hydrogen-bond donors (Lipinski definition) is 2. The number of hydrogen-bond acceptors (Lipinski definition) is 4. The largest absolute Gasteiger partial charge is 0.494 e. The van der Waals surface area contributed by atoms with Crippen LogP contribution in [0.15, 0.2) is 9.59 Å². The Morgan fingerprint density at radius 3 is 2.65 bits per heavy atom. The van der Waals surface area contributed by atoms with Crippen molar-refractivity contribution in [1.29, 1.82) is 0 Å². The van der Waals surface area contributed by atoms with Crippen molar-refractivity contribution in [2.45, 2.75) is 56.7 Å². The van der Waals surface area contributed by atoms with Gasteiger partial charge in [-0.05, 0) is 31.4 Å². The predicted octanol–water partition coefficient (Wildman–Crippen LogP) is 2.21. The number of H-pyrrole nitrogens is 1. The van der Waals surface area contributed by atoms with Crippen molar-refractivity contribution in [2.24, 2.45) is 0 Å². The van der Waals surface area contributed by atoms with Gasteiger partial charge in [-0.2, -0.15) is 11.8 Å². The highest BCUT2D eigenvalue weighted by molar-refractivity contribution is 7.99. The standard InChI is InChI=1S/C14H22N2O3S/c1-8(2)11-12(17)15-14(19)16(13(11)18)9-5-4-6-10(7-9)20-3/h8-10,18H,4-7H2,1-3H3,(H,15,17,19). The summed E-state index contributed by atoms with van der Waals surface area (Å²) in [6.45, 7) is 3.68. The van der Waals surface area contributed by atoms with Crippen molar-refractivity contribution in [2.75, 3.05) is 6.26 Å². The van der Waals surface area contributed by atoms with E-state index in [1.165, 1.54) is 4.57 Å². The van der Waals surface area contributed by atoms with Gasteiger partial charge >= 0.3 is 5.69 Å². The maximum absolute atomic E-state index is 12.1. The minimum absolute atomic E-state index is 0.0250. The van der Waals surface area contributed by atoms with E-state index in [0.717, 1.165) is 25.7 Å². The van der Waals surface area contributed by atoms with Crippen molar-refractivity contribution >= 4 is 11.8 Å². The summed E-state index contributed by atoms with van der Waals surface area (Å²) in [5.74, 6) is -0.272. The normalized spacial score (nSPS) is 23.2. The second-order valence-electron chi connectivity index (χ2n) is 5.70. The minimum Gasteiger partial charge on any atom is -0.494 e.